The molecule has 1 aromatic carbocycles. The van der Waals surface area contributed by atoms with E-state index in [0.717, 1.165) is 19.4 Å². The van der Waals surface area contributed by atoms with Gasteiger partial charge in [0.2, 0.25) is 5.91 Å². The second-order valence-corrected chi connectivity index (χ2v) is 5.28. The van der Waals surface area contributed by atoms with Gasteiger partial charge in [-0.3, -0.25) is 9.59 Å². The minimum atomic E-state index is -0.338. The molecule has 0 saturated carbocycles. The van der Waals surface area contributed by atoms with E-state index >= 15 is 0 Å². The van der Waals surface area contributed by atoms with Gasteiger partial charge < -0.3 is 16.0 Å². The van der Waals surface area contributed by atoms with Crippen LogP contribution in [0.25, 0.3) is 0 Å². The summed E-state index contributed by atoms with van der Waals surface area (Å²) in [4.78, 5) is 31.4. The van der Waals surface area contributed by atoms with Crippen molar-refractivity contribution in [3.63, 3.8) is 0 Å². The van der Waals surface area contributed by atoms with Crippen LogP contribution in [0, 0.1) is 0 Å². The highest BCUT2D eigenvalue weighted by Crippen LogP contribution is 2.14. The standard InChI is InChI=1S/C17H21N5O2/c1-3-4-9-18-16-11-19-15(10-20-16)17(24)22-14-7-5-13(6-8-14)21-12(2)23/h5-8,10-11H,3-4,9H2,1-2H3,(H,18,20)(H,21,23)(H,22,24). The fourth-order valence-corrected chi connectivity index (χ4v) is 1.97. The van der Waals surface area contributed by atoms with E-state index in [1.54, 1.807) is 30.5 Å². The summed E-state index contributed by atoms with van der Waals surface area (Å²) in [5.74, 6) is 0.171. The summed E-state index contributed by atoms with van der Waals surface area (Å²) in [7, 11) is 0. The van der Waals surface area contributed by atoms with Crippen LogP contribution in [0.2, 0.25) is 0 Å². The van der Waals surface area contributed by atoms with E-state index in [-0.39, 0.29) is 17.5 Å². The van der Waals surface area contributed by atoms with E-state index in [9.17, 15) is 9.59 Å². The Hall–Kier alpha value is -2.96. The molecule has 24 heavy (non-hydrogen) atoms. The van der Waals surface area contributed by atoms with Gasteiger partial charge in [-0.2, -0.15) is 0 Å². The molecule has 7 nitrogen and oxygen atoms in total. The second kappa shape index (κ2) is 8.61. The molecule has 0 aliphatic rings. The van der Waals surface area contributed by atoms with E-state index in [4.69, 9.17) is 0 Å². The van der Waals surface area contributed by atoms with Gasteiger partial charge in [0.05, 0.1) is 12.4 Å². The number of nitrogens with zero attached hydrogens (tertiary/aromatic N) is 2. The maximum absolute atomic E-state index is 12.1. The molecule has 126 valence electrons. The number of amides is 2. The van der Waals surface area contributed by atoms with Gasteiger partial charge in [0.25, 0.3) is 5.91 Å². The Bertz CT molecular complexity index is 683. The first-order valence-electron chi connectivity index (χ1n) is 7.83. The van der Waals surface area contributed by atoms with E-state index < -0.39 is 0 Å². The number of carbonyl (C=O) groups is 2. The number of nitrogens with one attached hydrogen (secondary N) is 3. The Kier molecular flexibility index (Phi) is 6.24. The monoisotopic (exact) mass is 327 g/mol. The molecule has 0 bridgehead atoms. The number of rotatable bonds is 7. The van der Waals surface area contributed by atoms with Crippen LogP contribution in [0.15, 0.2) is 36.7 Å². The number of hydrogen-bond acceptors (Lipinski definition) is 5. The summed E-state index contributed by atoms with van der Waals surface area (Å²) in [6.07, 6.45) is 5.14. The van der Waals surface area contributed by atoms with Crippen LogP contribution in [0.5, 0.6) is 0 Å². The summed E-state index contributed by atoms with van der Waals surface area (Å²) < 4.78 is 0. The molecule has 1 aromatic heterocycles. The zero-order valence-electron chi connectivity index (χ0n) is 13.8. The number of unbranched alkanes of at least 4 members (excludes halogenated alkanes) is 1. The average Bonchev–Trinajstić information content (AvgIpc) is 2.57. The average molecular weight is 327 g/mol. The molecule has 0 radical (unpaired) electrons. The van der Waals surface area contributed by atoms with Crippen LogP contribution in [-0.4, -0.2) is 28.3 Å². The second-order valence-electron chi connectivity index (χ2n) is 5.28. The molecule has 2 rings (SSSR count). The lowest BCUT2D eigenvalue weighted by molar-refractivity contribution is -0.114. The van der Waals surface area contributed by atoms with Crippen molar-refractivity contribution in [3.8, 4) is 0 Å². The topological polar surface area (TPSA) is 96.0 Å². The Balaban J connectivity index is 1.93. The fourth-order valence-electron chi connectivity index (χ4n) is 1.97. The maximum atomic E-state index is 12.1. The number of anilines is 3. The van der Waals surface area contributed by atoms with E-state index in [1.807, 2.05) is 0 Å². The minimum Gasteiger partial charge on any atom is -0.369 e. The zero-order valence-corrected chi connectivity index (χ0v) is 13.8. The van der Waals surface area contributed by atoms with Crippen molar-refractivity contribution in [3.05, 3.63) is 42.4 Å². The number of aromatic nitrogens is 2. The lowest BCUT2D eigenvalue weighted by Gasteiger charge is -2.07. The molecule has 0 saturated heterocycles. The maximum Gasteiger partial charge on any atom is 0.275 e. The molecule has 0 atom stereocenters. The molecule has 0 spiro atoms. The van der Waals surface area contributed by atoms with Crippen LogP contribution in [0.3, 0.4) is 0 Å². The Labute approximate surface area is 140 Å². The van der Waals surface area contributed by atoms with Gasteiger partial charge >= 0.3 is 0 Å². The van der Waals surface area contributed by atoms with Crippen LogP contribution >= 0.6 is 0 Å². The number of carbonyl (C=O) groups excluding carboxylic acids is 2. The highest BCUT2D eigenvalue weighted by Gasteiger charge is 2.08. The SMILES string of the molecule is CCCCNc1cnc(C(=O)Nc2ccc(NC(C)=O)cc2)cn1. The molecule has 0 aliphatic heterocycles. The third kappa shape index (κ3) is 5.35. The van der Waals surface area contributed by atoms with Crippen LogP contribution < -0.4 is 16.0 Å². The lowest BCUT2D eigenvalue weighted by Crippen LogP contribution is -2.14. The first kappa shape index (κ1) is 17.4. The van der Waals surface area contributed by atoms with Crippen molar-refractivity contribution in [1.82, 2.24) is 9.97 Å². The van der Waals surface area contributed by atoms with Gasteiger partial charge in [-0.05, 0) is 30.7 Å². The quantitative estimate of drug-likeness (QED) is 0.680. The van der Waals surface area contributed by atoms with Gasteiger partial charge in [-0.15, -0.1) is 0 Å². The van der Waals surface area contributed by atoms with E-state index in [1.165, 1.54) is 13.1 Å². The molecule has 7 heteroatoms. The highest BCUT2D eigenvalue weighted by atomic mass is 16.2. The van der Waals surface area contributed by atoms with Crippen molar-refractivity contribution in [2.75, 3.05) is 22.5 Å². The molecule has 2 aromatic rings. The molecule has 0 fully saturated rings. The van der Waals surface area contributed by atoms with Crippen molar-refractivity contribution in [2.24, 2.45) is 0 Å². The summed E-state index contributed by atoms with van der Waals surface area (Å²) in [6, 6.07) is 6.83. The van der Waals surface area contributed by atoms with Crippen LogP contribution in [0.1, 0.15) is 37.2 Å². The molecular weight excluding hydrogens is 306 g/mol. The summed E-state index contributed by atoms with van der Waals surface area (Å²) in [6.45, 7) is 4.38. The van der Waals surface area contributed by atoms with Crippen molar-refractivity contribution >= 4 is 29.0 Å². The fraction of sp³-hybridized carbons (Fsp3) is 0.294. The third-order valence-electron chi connectivity index (χ3n) is 3.18. The summed E-state index contributed by atoms with van der Waals surface area (Å²) in [5, 5.41) is 8.54. The van der Waals surface area contributed by atoms with Gasteiger partial charge in [0, 0.05) is 24.8 Å². The van der Waals surface area contributed by atoms with Crippen LogP contribution in [-0.2, 0) is 4.79 Å². The van der Waals surface area contributed by atoms with E-state index in [2.05, 4.69) is 32.8 Å². The molecule has 2 amide bonds. The largest absolute Gasteiger partial charge is 0.369 e. The lowest BCUT2D eigenvalue weighted by atomic mass is 10.2. The molecule has 0 aliphatic carbocycles. The summed E-state index contributed by atoms with van der Waals surface area (Å²) in [5.41, 5.74) is 1.52. The van der Waals surface area contributed by atoms with Crippen molar-refractivity contribution in [1.29, 1.82) is 0 Å². The predicted molar refractivity (Wildman–Crippen MR) is 94.1 cm³/mol. The number of benzene rings is 1. The van der Waals surface area contributed by atoms with Crippen molar-refractivity contribution in [2.45, 2.75) is 26.7 Å². The van der Waals surface area contributed by atoms with Gasteiger partial charge in [0.1, 0.15) is 11.5 Å². The Morgan fingerprint density at radius 3 is 2.21 bits per heavy atom. The van der Waals surface area contributed by atoms with E-state index in [0.29, 0.717) is 17.2 Å². The summed E-state index contributed by atoms with van der Waals surface area (Å²) >= 11 is 0. The van der Waals surface area contributed by atoms with Crippen molar-refractivity contribution < 1.29 is 9.59 Å². The smallest absolute Gasteiger partial charge is 0.275 e. The van der Waals surface area contributed by atoms with Gasteiger partial charge in [0.15, 0.2) is 0 Å². The van der Waals surface area contributed by atoms with Gasteiger partial charge in [-0.25, -0.2) is 9.97 Å². The number of hydrogen-bond donors (Lipinski definition) is 3. The normalized spacial score (nSPS) is 10.1. The van der Waals surface area contributed by atoms with Gasteiger partial charge in [-0.1, -0.05) is 13.3 Å². The molecular formula is C17H21N5O2. The first-order chi connectivity index (χ1) is 11.6. The third-order valence-corrected chi connectivity index (χ3v) is 3.18. The van der Waals surface area contributed by atoms with Crippen LogP contribution in [0.4, 0.5) is 17.2 Å². The first-order valence-corrected chi connectivity index (χ1v) is 7.83. The molecule has 0 unspecified atom stereocenters. The molecule has 3 N–H and O–H groups in total. The minimum absolute atomic E-state index is 0.144. The Morgan fingerprint density at radius 1 is 1.00 bits per heavy atom. The molecule has 1 heterocycles. The highest BCUT2D eigenvalue weighted by molar-refractivity contribution is 6.02. The Morgan fingerprint density at radius 2 is 1.67 bits per heavy atom. The predicted octanol–water partition coefficient (Wildman–Crippen LogP) is 2.90. The zero-order chi connectivity index (χ0) is 17.4.